The molecule has 0 saturated heterocycles. The zero-order chi connectivity index (χ0) is 12.8. The lowest BCUT2D eigenvalue weighted by Gasteiger charge is -2.06. The van der Waals surface area contributed by atoms with Gasteiger partial charge in [-0.25, -0.2) is 4.98 Å². The van der Waals surface area contributed by atoms with Crippen molar-refractivity contribution in [1.82, 2.24) is 15.3 Å². The zero-order valence-electron chi connectivity index (χ0n) is 10.7. The van der Waals surface area contributed by atoms with Crippen molar-refractivity contribution in [3.05, 3.63) is 40.4 Å². The van der Waals surface area contributed by atoms with Crippen molar-refractivity contribution >= 4 is 10.9 Å². The largest absolute Gasteiger partial charge is 0.309 e. The summed E-state index contributed by atoms with van der Waals surface area (Å²) in [5.41, 5.74) is 1.08. The topological polar surface area (TPSA) is 57.8 Å². The fourth-order valence-electron chi connectivity index (χ4n) is 2.25. The summed E-state index contributed by atoms with van der Waals surface area (Å²) in [4.78, 5) is 19.2. The lowest BCUT2D eigenvalue weighted by molar-refractivity contribution is 0.534. The van der Waals surface area contributed by atoms with Gasteiger partial charge in [-0.3, -0.25) is 4.79 Å². The Morgan fingerprint density at radius 3 is 2.89 bits per heavy atom. The second-order valence-corrected chi connectivity index (χ2v) is 5.66. The predicted molar refractivity (Wildman–Crippen MR) is 71.4 cm³/mol. The van der Waals surface area contributed by atoms with Gasteiger partial charge in [0.15, 0.2) is 0 Å². The minimum Gasteiger partial charge on any atom is -0.309 e. The Morgan fingerprint density at radius 2 is 2.17 bits per heavy atom. The molecule has 2 N–H and O–H groups in total. The third-order valence-electron chi connectivity index (χ3n) is 3.69. The SMILES string of the molecule is CC1(C)CC1NCc1nc2ccccc2c(=O)[nH]1. The van der Waals surface area contributed by atoms with Gasteiger partial charge in [-0.2, -0.15) is 0 Å². The molecular formula is C14H17N3O. The second-order valence-electron chi connectivity index (χ2n) is 5.66. The van der Waals surface area contributed by atoms with Gasteiger partial charge in [-0.15, -0.1) is 0 Å². The van der Waals surface area contributed by atoms with Crippen LogP contribution in [0.4, 0.5) is 0 Å². The number of nitrogens with one attached hydrogen (secondary N) is 2. The van der Waals surface area contributed by atoms with Crippen LogP contribution in [-0.4, -0.2) is 16.0 Å². The molecule has 1 heterocycles. The number of hydrogen-bond donors (Lipinski definition) is 2. The Kier molecular flexibility index (Phi) is 2.48. The van der Waals surface area contributed by atoms with Gasteiger partial charge in [0.05, 0.1) is 17.4 Å². The van der Waals surface area contributed by atoms with Gasteiger partial charge in [0, 0.05) is 6.04 Å². The van der Waals surface area contributed by atoms with Crippen molar-refractivity contribution in [2.75, 3.05) is 0 Å². The molecule has 1 aliphatic carbocycles. The van der Waals surface area contributed by atoms with Crippen molar-refractivity contribution in [3.8, 4) is 0 Å². The molecule has 1 saturated carbocycles. The van der Waals surface area contributed by atoms with E-state index in [9.17, 15) is 4.79 Å². The van der Waals surface area contributed by atoms with E-state index < -0.39 is 0 Å². The van der Waals surface area contributed by atoms with Crippen molar-refractivity contribution in [2.45, 2.75) is 32.9 Å². The molecule has 0 aliphatic heterocycles. The van der Waals surface area contributed by atoms with Crippen LogP contribution in [0, 0.1) is 5.41 Å². The Morgan fingerprint density at radius 1 is 1.44 bits per heavy atom. The third-order valence-corrected chi connectivity index (χ3v) is 3.69. The highest BCUT2D eigenvalue weighted by atomic mass is 16.1. The molecular weight excluding hydrogens is 226 g/mol. The fraction of sp³-hybridized carbons (Fsp3) is 0.429. The first kappa shape index (κ1) is 11.4. The quantitative estimate of drug-likeness (QED) is 0.864. The summed E-state index contributed by atoms with van der Waals surface area (Å²) < 4.78 is 0. The minimum atomic E-state index is -0.0625. The van der Waals surface area contributed by atoms with Gasteiger partial charge in [0.1, 0.15) is 5.82 Å². The maximum absolute atomic E-state index is 11.9. The van der Waals surface area contributed by atoms with Crippen LogP contribution in [0.3, 0.4) is 0 Å². The number of benzene rings is 1. The molecule has 1 atom stereocenters. The average Bonchev–Trinajstić information content (AvgIpc) is 2.95. The summed E-state index contributed by atoms with van der Waals surface area (Å²) in [5.74, 6) is 0.710. The van der Waals surface area contributed by atoms with Crippen molar-refractivity contribution in [1.29, 1.82) is 0 Å². The lowest BCUT2D eigenvalue weighted by atomic mass is 10.2. The van der Waals surface area contributed by atoms with Crippen LogP contribution >= 0.6 is 0 Å². The molecule has 0 spiro atoms. The van der Waals surface area contributed by atoms with Crippen LogP contribution in [-0.2, 0) is 6.54 Å². The molecule has 1 aliphatic rings. The number of para-hydroxylation sites is 1. The Balaban J connectivity index is 1.83. The number of H-pyrrole nitrogens is 1. The van der Waals surface area contributed by atoms with Crippen LogP contribution in [0.5, 0.6) is 0 Å². The highest BCUT2D eigenvalue weighted by Gasteiger charge is 2.45. The van der Waals surface area contributed by atoms with E-state index >= 15 is 0 Å². The van der Waals surface area contributed by atoms with E-state index in [1.807, 2.05) is 18.2 Å². The highest BCUT2D eigenvalue weighted by Crippen LogP contribution is 2.44. The Labute approximate surface area is 105 Å². The van der Waals surface area contributed by atoms with Gasteiger partial charge in [0.25, 0.3) is 5.56 Å². The summed E-state index contributed by atoms with van der Waals surface area (Å²) >= 11 is 0. The number of nitrogens with zero attached hydrogens (tertiary/aromatic N) is 1. The van der Waals surface area contributed by atoms with E-state index in [0.717, 1.165) is 5.52 Å². The van der Waals surface area contributed by atoms with Crippen LogP contribution in [0.25, 0.3) is 10.9 Å². The second kappa shape index (κ2) is 3.92. The molecule has 18 heavy (non-hydrogen) atoms. The number of aromatic nitrogens is 2. The molecule has 3 rings (SSSR count). The van der Waals surface area contributed by atoms with E-state index in [1.165, 1.54) is 6.42 Å². The van der Waals surface area contributed by atoms with E-state index in [1.54, 1.807) is 6.07 Å². The van der Waals surface area contributed by atoms with Crippen LogP contribution < -0.4 is 10.9 Å². The van der Waals surface area contributed by atoms with Crippen molar-refractivity contribution in [3.63, 3.8) is 0 Å². The van der Waals surface area contributed by atoms with Gasteiger partial charge >= 0.3 is 0 Å². The third kappa shape index (κ3) is 2.04. The first-order valence-electron chi connectivity index (χ1n) is 6.27. The zero-order valence-corrected chi connectivity index (χ0v) is 10.7. The summed E-state index contributed by atoms with van der Waals surface area (Å²) in [6.45, 7) is 5.09. The van der Waals surface area contributed by atoms with Gasteiger partial charge in [-0.05, 0) is 24.0 Å². The van der Waals surface area contributed by atoms with Crippen molar-refractivity contribution in [2.24, 2.45) is 5.41 Å². The molecule has 0 bridgehead atoms. The molecule has 1 unspecified atom stereocenters. The smallest absolute Gasteiger partial charge is 0.258 e. The molecule has 1 aromatic heterocycles. The Bertz CT molecular complexity index is 645. The van der Waals surface area contributed by atoms with Crippen LogP contribution in [0.15, 0.2) is 29.1 Å². The molecule has 2 aromatic rings. The molecule has 4 heteroatoms. The molecule has 0 radical (unpaired) electrons. The number of fused-ring (bicyclic) bond motifs is 1. The molecule has 1 aromatic carbocycles. The number of rotatable bonds is 3. The van der Waals surface area contributed by atoms with E-state index in [-0.39, 0.29) is 5.56 Å². The average molecular weight is 243 g/mol. The van der Waals surface area contributed by atoms with Crippen LogP contribution in [0.1, 0.15) is 26.1 Å². The normalized spacial score (nSPS) is 21.1. The van der Waals surface area contributed by atoms with Gasteiger partial charge < -0.3 is 10.3 Å². The van der Waals surface area contributed by atoms with Gasteiger partial charge in [0.2, 0.25) is 0 Å². The highest BCUT2D eigenvalue weighted by molar-refractivity contribution is 5.77. The first-order chi connectivity index (χ1) is 8.56. The number of hydrogen-bond acceptors (Lipinski definition) is 3. The standard InChI is InChI=1S/C14H17N3O/c1-14(2)7-11(14)15-8-12-16-10-6-4-3-5-9(10)13(18)17-12/h3-6,11,15H,7-8H2,1-2H3,(H,16,17,18). The summed E-state index contributed by atoms with van der Waals surface area (Å²) in [5, 5.41) is 4.07. The fourth-order valence-corrected chi connectivity index (χ4v) is 2.25. The number of aromatic amines is 1. The summed E-state index contributed by atoms with van der Waals surface area (Å²) in [7, 11) is 0. The van der Waals surface area contributed by atoms with Crippen molar-refractivity contribution < 1.29 is 0 Å². The lowest BCUT2D eigenvalue weighted by Crippen LogP contribution is -2.23. The van der Waals surface area contributed by atoms with Crippen LogP contribution in [0.2, 0.25) is 0 Å². The van der Waals surface area contributed by atoms with E-state index in [2.05, 4.69) is 29.1 Å². The van der Waals surface area contributed by atoms with E-state index in [0.29, 0.717) is 29.2 Å². The maximum atomic E-state index is 11.9. The first-order valence-corrected chi connectivity index (χ1v) is 6.27. The molecule has 1 fully saturated rings. The Hall–Kier alpha value is -1.68. The summed E-state index contributed by atoms with van der Waals surface area (Å²) in [6, 6.07) is 7.95. The predicted octanol–water partition coefficient (Wildman–Crippen LogP) is 1.81. The van der Waals surface area contributed by atoms with E-state index in [4.69, 9.17) is 0 Å². The molecule has 94 valence electrons. The summed E-state index contributed by atoms with van der Waals surface area (Å²) in [6.07, 6.45) is 1.19. The van der Waals surface area contributed by atoms with Gasteiger partial charge in [-0.1, -0.05) is 26.0 Å². The maximum Gasteiger partial charge on any atom is 0.258 e. The minimum absolute atomic E-state index is 0.0625. The monoisotopic (exact) mass is 243 g/mol. The molecule has 0 amide bonds. The molecule has 4 nitrogen and oxygen atoms in total.